The van der Waals surface area contributed by atoms with Crippen molar-refractivity contribution in [2.45, 2.75) is 13.0 Å². The van der Waals surface area contributed by atoms with Gasteiger partial charge in [-0.15, -0.1) is 0 Å². The molecule has 176 valence electrons. The van der Waals surface area contributed by atoms with E-state index in [1.807, 2.05) is 22.8 Å². The van der Waals surface area contributed by atoms with Gasteiger partial charge in [-0.1, -0.05) is 18.2 Å². The van der Waals surface area contributed by atoms with E-state index < -0.39 is 16.2 Å². The summed E-state index contributed by atoms with van der Waals surface area (Å²) in [6.07, 6.45) is 2.32. The monoisotopic (exact) mass is 464 g/mol. The lowest BCUT2D eigenvalue weighted by Gasteiger charge is -2.12. The van der Waals surface area contributed by atoms with Crippen molar-refractivity contribution in [3.8, 4) is 22.8 Å². The summed E-state index contributed by atoms with van der Waals surface area (Å²) in [5.41, 5.74) is 1.50. The average Bonchev–Trinajstić information content (AvgIpc) is 3.24. The van der Waals surface area contributed by atoms with Crippen molar-refractivity contribution in [1.29, 1.82) is 0 Å². The maximum atomic E-state index is 13.1. The second-order valence-corrected chi connectivity index (χ2v) is 7.88. The van der Waals surface area contributed by atoms with Gasteiger partial charge in [0.05, 0.1) is 35.7 Å². The normalized spacial score (nSPS) is 11.1. The van der Waals surface area contributed by atoms with Gasteiger partial charge in [0.25, 0.3) is 11.2 Å². The second-order valence-electron chi connectivity index (χ2n) is 7.88. The van der Waals surface area contributed by atoms with E-state index in [2.05, 4.69) is 0 Å². The number of non-ortho nitro benzene ring substituents is 1. The molecule has 0 saturated carbocycles. The van der Waals surface area contributed by atoms with Crippen molar-refractivity contribution >= 4 is 16.6 Å². The summed E-state index contributed by atoms with van der Waals surface area (Å²) < 4.78 is 15.0. The molecule has 0 spiro atoms. The zero-order valence-electron chi connectivity index (χ0n) is 19.3. The van der Waals surface area contributed by atoms with Gasteiger partial charge < -0.3 is 14.0 Å². The number of aryl methyl sites for hydroxylation is 3. The first kappa shape index (κ1) is 22.8. The van der Waals surface area contributed by atoms with E-state index in [-0.39, 0.29) is 5.69 Å². The van der Waals surface area contributed by atoms with Crippen molar-refractivity contribution in [3.63, 3.8) is 0 Å². The standard InChI is InChI=1S/C24H24N4O6/c1-25-18-14-27(11-10-15-8-9-19(33-3)20(12-15)34-4)22(21(18)23(29)26(2)24(25)30)16-6-5-7-17(13-16)28(31)32/h5-9,12-14H,10-11H2,1-4H3. The maximum absolute atomic E-state index is 13.1. The molecule has 4 rings (SSSR count). The van der Waals surface area contributed by atoms with E-state index in [4.69, 9.17) is 9.47 Å². The minimum absolute atomic E-state index is 0.0834. The number of rotatable bonds is 7. The number of hydrogen-bond donors (Lipinski definition) is 0. The second kappa shape index (κ2) is 8.89. The fraction of sp³-hybridized carbons (Fsp3) is 0.250. The van der Waals surface area contributed by atoms with Crippen LogP contribution < -0.4 is 20.7 Å². The highest BCUT2D eigenvalue weighted by molar-refractivity contribution is 5.94. The van der Waals surface area contributed by atoms with Crippen LogP contribution in [0.4, 0.5) is 5.69 Å². The molecule has 0 aliphatic carbocycles. The van der Waals surface area contributed by atoms with Crippen LogP contribution in [0.2, 0.25) is 0 Å². The van der Waals surface area contributed by atoms with E-state index >= 15 is 0 Å². The molecular weight excluding hydrogens is 440 g/mol. The van der Waals surface area contributed by atoms with Gasteiger partial charge in [0.2, 0.25) is 0 Å². The molecule has 10 nitrogen and oxygen atoms in total. The lowest BCUT2D eigenvalue weighted by molar-refractivity contribution is -0.384. The first-order valence-electron chi connectivity index (χ1n) is 10.5. The Hall–Kier alpha value is -4.34. The highest BCUT2D eigenvalue weighted by Gasteiger charge is 2.21. The van der Waals surface area contributed by atoms with Crippen molar-refractivity contribution in [1.82, 2.24) is 13.7 Å². The third-order valence-corrected chi connectivity index (χ3v) is 5.93. The minimum atomic E-state index is -0.476. The smallest absolute Gasteiger partial charge is 0.330 e. The molecule has 34 heavy (non-hydrogen) atoms. The predicted molar refractivity (Wildman–Crippen MR) is 128 cm³/mol. The molecule has 0 N–H and O–H groups in total. The lowest BCUT2D eigenvalue weighted by Crippen LogP contribution is -2.36. The Morgan fingerprint density at radius 1 is 0.971 bits per heavy atom. The number of hydrogen-bond acceptors (Lipinski definition) is 6. The molecule has 0 saturated heterocycles. The third kappa shape index (κ3) is 3.83. The number of nitro groups is 1. The fourth-order valence-corrected chi connectivity index (χ4v) is 4.13. The van der Waals surface area contributed by atoms with Gasteiger partial charge in [0, 0.05) is 44.5 Å². The van der Waals surface area contributed by atoms with Crippen LogP contribution >= 0.6 is 0 Å². The summed E-state index contributed by atoms with van der Waals surface area (Å²) in [4.78, 5) is 36.5. The van der Waals surface area contributed by atoms with E-state index in [0.29, 0.717) is 46.6 Å². The topological polar surface area (TPSA) is 111 Å². The molecule has 0 fully saturated rings. The minimum Gasteiger partial charge on any atom is -0.493 e. The number of aromatic nitrogens is 3. The largest absolute Gasteiger partial charge is 0.493 e. The Labute approximate surface area is 194 Å². The summed E-state index contributed by atoms with van der Waals surface area (Å²) in [5, 5.41) is 11.7. The van der Waals surface area contributed by atoms with Crippen molar-refractivity contribution in [2.24, 2.45) is 14.1 Å². The van der Waals surface area contributed by atoms with Gasteiger partial charge in [-0.05, 0) is 24.1 Å². The van der Waals surface area contributed by atoms with Crippen molar-refractivity contribution < 1.29 is 14.4 Å². The van der Waals surface area contributed by atoms with Gasteiger partial charge in [-0.3, -0.25) is 24.0 Å². The van der Waals surface area contributed by atoms with Crippen LogP contribution in [-0.4, -0.2) is 32.8 Å². The first-order valence-corrected chi connectivity index (χ1v) is 10.5. The van der Waals surface area contributed by atoms with Gasteiger partial charge >= 0.3 is 5.69 Å². The van der Waals surface area contributed by atoms with Gasteiger partial charge in [0.15, 0.2) is 11.5 Å². The van der Waals surface area contributed by atoms with E-state index in [0.717, 1.165) is 10.1 Å². The zero-order chi connectivity index (χ0) is 24.6. The molecule has 2 aromatic carbocycles. The van der Waals surface area contributed by atoms with Crippen LogP contribution in [0.5, 0.6) is 11.5 Å². The van der Waals surface area contributed by atoms with Crippen LogP contribution in [-0.2, 0) is 27.1 Å². The molecule has 0 radical (unpaired) electrons. The zero-order valence-corrected chi connectivity index (χ0v) is 19.3. The molecule has 2 heterocycles. The van der Waals surface area contributed by atoms with E-state index in [9.17, 15) is 19.7 Å². The summed E-state index contributed by atoms with van der Waals surface area (Å²) in [7, 11) is 6.15. The predicted octanol–water partition coefficient (Wildman–Crippen LogP) is 2.87. The number of nitrogens with zero attached hydrogens (tertiary/aromatic N) is 4. The average molecular weight is 464 g/mol. The van der Waals surface area contributed by atoms with Crippen molar-refractivity contribution in [2.75, 3.05) is 14.2 Å². The van der Waals surface area contributed by atoms with Gasteiger partial charge in [0.1, 0.15) is 0 Å². The van der Waals surface area contributed by atoms with E-state index in [1.165, 1.54) is 23.7 Å². The Morgan fingerprint density at radius 3 is 2.38 bits per heavy atom. The summed E-state index contributed by atoms with van der Waals surface area (Å²) in [6, 6.07) is 11.8. The van der Waals surface area contributed by atoms with Crippen molar-refractivity contribution in [3.05, 3.63) is 85.2 Å². The van der Waals surface area contributed by atoms with Gasteiger partial charge in [-0.25, -0.2) is 4.79 Å². The van der Waals surface area contributed by atoms with Crippen LogP contribution in [0.25, 0.3) is 22.2 Å². The Balaban J connectivity index is 1.89. The molecule has 10 heteroatoms. The molecule has 0 bridgehead atoms. The SMILES string of the molecule is COc1ccc(CCn2cc3c(c2-c2cccc([N+](=O)[O-])c2)c(=O)n(C)c(=O)n3C)cc1OC. The molecule has 0 atom stereocenters. The molecular formula is C24H24N4O6. The summed E-state index contributed by atoms with van der Waals surface area (Å²) in [6.45, 7) is 0.458. The van der Waals surface area contributed by atoms with Gasteiger partial charge in [-0.2, -0.15) is 0 Å². The molecule has 0 aliphatic heterocycles. The number of ether oxygens (including phenoxy) is 2. The number of methoxy groups -OCH3 is 2. The van der Waals surface area contributed by atoms with Crippen LogP contribution in [0.1, 0.15) is 5.56 Å². The number of fused-ring (bicyclic) bond motifs is 1. The van der Waals surface area contributed by atoms with Crippen LogP contribution in [0.3, 0.4) is 0 Å². The molecule has 0 unspecified atom stereocenters. The van der Waals surface area contributed by atoms with Crippen LogP contribution in [0, 0.1) is 10.1 Å². The fourth-order valence-electron chi connectivity index (χ4n) is 4.13. The third-order valence-electron chi connectivity index (χ3n) is 5.93. The highest BCUT2D eigenvalue weighted by atomic mass is 16.6. The van der Waals surface area contributed by atoms with E-state index in [1.54, 1.807) is 39.6 Å². The molecule has 0 amide bonds. The number of nitro benzene ring substituents is 1. The quantitative estimate of drug-likeness (QED) is 0.307. The molecule has 0 aliphatic rings. The summed E-state index contributed by atoms with van der Waals surface area (Å²) in [5.74, 6) is 1.22. The Bertz CT molecular complexity index is 1530. The van der Waals surface area contributed by atoms with Crippen LogP contribution in [0.15, 0.2) is 58.3 Å². The number of benzene rings is 2. The molecule has 4 aromatic rings. The Morgan fingerprint density at radius 2 is 1.71 bits per heavy atom. The highest BCUT2D eigenvalue weighted by Crippen LogP contribution is 2.32. The molecule has 2 aromatic heterocycles. The maximum Gasteiger partial charge on any atom is 0.330 e. The lowest BCUT2D eigenvalue weighted by atomic mass is 10.1. The first-order chi connectivity index (χ1) is 16.3. The Kier molecular flexibility index (Phi) is 5.97. The summed E-state index contributed by atoms with van der Waals surface area (Å²) >= 11 is 0.